The smallest absolute Gasteiger partial charge is 0.344 e. The Hall–Kier alpha value is -3.05. The Morgan fingerprint density at radius 1 is 0.880 bits per heavy atom. The van der Waals surface area contributed by atoms with Gasteiger partial charge in [0.2, 0.25) is 0 Å². The molecule has 4 rings (SSSR count). The maximum Gasteiger partial charge on any atom is 0.344 e. The molecule has 0 spiro atoms. The first kappa shape index (κ1) is 15.5. The number of methoxy groups -OCH3 is 1. The van der Waals surface area contributed by atoms with Crippen LogP contribution in [-0.2, 0) is 0 Å². The minimum atomic E-state index is -0.568. The average molecular weight is 355 g/mol. The van der Waals surface area contributed by atoms with E-state index in [2.05, 4.69) is 0 Å². The van der Waals surface area contributed by atoms with Gasteiger partial charge in [0.25, 0.3) is 0 Å². The van der Waals surface area contributed by atoms with Crippen LogP contribution in [0.2, 0.25) is 5.02 Å². The normalized spacial score (nSPS) is 11.1. The van der Waals surface area contributed by atoms with Crippen molar-refractivity contribution in [3.05, 3.63) is 74.4 Å². The Kier molecular flexibility index (Phi) is 3.58. The fraction of sp³-hybridized carbons (Fsp3) is 0.0526. The van der Waals surface area contributed by atoms with Gasteiger partial charge < -0.3 is 13.6 Å². The van der Waals surface area contributed by atoms with Crippen molar-refractivity contribution >= 4 is 33.5 Å². The zero-order chi connectivity index (χ0) is 17.6. The maximum absolute atomic E-state index is 12.4. The molecule has 0 radical (unpaired) electrons. The van der Waals surface area contributed by atoms with Gasteiger partial charge in [-0.25, -0.2) is 9.59 Å². The molecule has 4 aromatic rings. The van der Waals surface area contributed by atoms with Crippen LogP contribution in [0.3, 0.4) is 0 Å². The van der Waals surface area contributed by atoms with Crippen LogP contribution in [0.5, 0.6) is 5.75 Å². The summed E-state index contributed by atoms with van der Waals surface area (Å²) in [6, 6.07) is 13.0. The molecule has 2 aromatic carbocycles. The number of hydrogen-bond donors (Lipinski definition) is 0. The molecule has 0 bridgehead atoms. The molecule has 0 aliphatic heterocycles. The maximum atomic E-state index is 12.4. The van der Waals surface area contributed by atoms with Crippen molar-refractivity contribution in [1.82, 2.24) is 0 Å². The lowest BCUT2D eigenvalue weighted by molar-refractivity contribution is 0.414. The molecule has 0 N–H and O–H groups in total. The number of ether oxygens (including phenoxy) is 1. The quantitative estimate of drug-likeness (QED) is 0.504. The molecule has 0 unspecified atom stereocenters. The third-order valence-corrected chi connectivity index (χ3v) is 4.17. The summed E-state index contributed by atoms with van der Waals surface area (Å²) in [4.78, 5) is 24.4. The van der Waals surface area contributed by atoms with Gasteiger partial charge in [0.05, 0.1) is 12.7 Å². The number of rotatable bonds is 2. The van der Waals surface area contributed by atoms with Crippen LogP contribution < -0.4 is 16.0 Å². The molecule has 5 nitrogen and oxygen atoms in total. The Balaban J connectivity index is 2.07. The number of hydrogen-bond acceptors (Lipinski definition) is 5. The summed E-state index contributed by atoms with van der Waals surface area (Å²) in [5.41, 5.74) is 0.334. The molecule has 0 aliphatic rings. The van der Waals surface area contributed by atoms with Crippen molar-refractivity contribution in [3.63, 3.8) is 0 Å². The molecule has 0 saturated heterocycles. The van der Waals surface area contributed by atoms with Crippen LogP contribution in [-0.4, -0.2) is 7.11 Å². The molecule has 124 valence electrons. The van der Waals surface area contributed by atoms with Gasteiger partial charge in [0.1, 0.15) is 16.9 Å². The second-order valence-corrected chi connectivity index (χ2v) is 5.91. The Morgan fingerprint density at radius 2 is 1.72 bits per heavy atom. The summed E-state index contributed by atoms with van der Waals surface area (Å²) in [5.74, 6) is 0.546. The predicted octanol–water partition coefficient (Wildman–Crippen LogP) is 4.23. The van der Waals surface area contributed by atoms with Crippen molar-refractivity contribution in [3.8, 4) is 16.9 Å². The van der Waals surface area contributed by atoms with Crippen molar-refractivity contribution in [2.75, 3.05) is 7.11 Å². The molecule has 0 saturated carbocycles. The van der Waals surface area contributed by atoms with E-state index in [1.165, 1.54) is 13.2 Å². The van der Waals surface area contributed by atoms with E-state index in [9.17, 15) is 9.59 Å². The van der Waals surface area contributed by atoms with E-state index in [0.29, 0.717) is 38.3 Å². The highest BCUT2D eigenvalue weighted by Crippen LogP contribution is 2.30. The van der Waals surface area contributed by atoms with Gasteiger partial charge in [0.15, 0.2) is 0 Å². The fourth-order valence-corrected chi connectivity index (χ4v) is 2.96. The second-order valence-electron chi connectivity index (χ2n) is 5.47. The molecule has 2 heterocycles. The van der Waals surface area contributed by atoms with E-state index < -0.39 is 11.3 Å². The largest absolute Gasteiger partial charge is 0.497 e. The van der Waals surface area contributed by atoms with Gasteiger partial charge in [-0.15, -0.1) is 0 Å². The van der Waals surface area contributed by atoms with Crippen LogP contribution in [0.25, 0.3) is 33.1 Å². The van der Waals surface area contributed by atoms with Gasteiger partial charge in [-0.1, -0.05) is 11.6 Å². The highest BCUT2D eigenvalue weighted by atomic mass is 35.5. The van der Waals surface area contributed by atoms with Crippen LogP contribution in [0.15, 0.2) is 67.0 Å². The Labute approximate surface area is 146 Å². The number of fused-ring (bicyclic) bond motifs is 2. The van der Waals surface area contributed by atoms with Gasteiger partial charge in [-0.3, -0.25) is 0 Å². The molecule has 0 amide bonds. The van der Waals surface area contributed by atoms with Crippen LogP contribution in [0, 0.1) is 0 Å². The lowest BCUT2D eigenvalue weighted by Gasteiger charge is -2.07. The summed E-state index contributed by atoms with van der Waals surface area (Å²) in [6.45, 7) is 0. The molecule has 2 aromatic heterocycles. The van der Waals surface area contributed by atoms with Crippen molar-refractivity contribution in [1.29, 1.82) is 0 Å². The molecule has 6 heteroatoms. The molecule has 0 fully saturated rings. The van der Waals surface area contributed by atoms with Gasteiger partial charge in [-0.05, 0) is 36.4 Å². The number of benzene rings is 2. The van der Waals surface area contributed by atoms with Crippen molar-refractivity contribution in [2.24, 2.45) is 0 Å². The first-order chi connectivity index (χ1) is 12.0. The fourth-order valence-electron chi connectivity index (χ4n) is 2.77. The van der Waals surface area contributed by atoms with E-state index in [1.54, 1.807) is 42.5 Å². The van der Waals surface area contributed by atoms with Crippen molar-refractivity contribution in [2.45, 2.75) is 0 Å². The first-order valence-electron chi connectivity index (χ1n) is 7.41. The molecule has 0 atom stereocenters. The zero-order valence-corrected chi connectivity index (χ0v) is 13.8. The Morgan fingerprint density at radius 3 is 2.52 bits per heavy atom. The summed E-state index contributed by atoms with van der Waals surface area (Å²) < 4.78 is 15.7. The summed E-state index contributed by atoms with van der Waals surface area (Å²) in [5, 5.41) is 1.79. The third kappa shape index (κ3) is 2.68. The SMILES string of the molecule is COc1ccc2c(-c3cc4cc(Cl)ccc4oc3=O)cc(=O)oc2c1. The summed E-state index contributed by atoms with van der Waals surface area (Å²) in [6.07, 6.45) is 0. The molecule has 25 heavy (non-hydrogen) atoms. The summed E-state index contributed by atoms with van der Waals surface area (Å²) in [7, 11) is 1.52. The average Bonchev–Trinajstić information content (AvgIpc) is 2.60. The highest BCUT2D eigenvalue weighted by molar-refractivity contribution is 6.31. The van der Waals surface area contributed by atoms with E-state index in [1.807, 2.05) is 0 Å². The minimum Gasteiger partial charge on any atom is -0.497 e. The zero-order valence-electron chi connectivity index (χ0n) is 13.0. The van der Waals surface area contributed by atoms with E-state index in [-0.39, 0.29) is 5.56 Å². The molecule has 0 aliphatic carbocycles. The lowest BCUT2D eigenvalue weighted by Crippen LogP contribution is -2.06. The topological polar surface area (TPSA) is 69.7 Å². The second kappa shape index (κ2) is 5.79. The Bertz CT molecular complexity index is 1240. The molecular weight excluding hydrogens is 344 g/mol. The van der Waals surface area contributed by atoms with Gasteiger partial charge >= 0.3 is 11.3 Å². The van der Waals surface area contributed by atoms with Crippen molar-refractivity contribution < 1.29 is 13.6 Å². The van der Waals surface area contributed by atoms with E-state index >= 15 is 0 Å². The van der Waals surface area contributed by atoms with Crippen LogP contribution in [0.1, 0.15) is 0 Å². The standard InChI is InChI=1S/C19H11ClO5/c1-23-12-3-4-13-14(9-18(21)24-17(13)8-12)15-7-10-6-11(20)2-5-16(10)25-19(15)22/h2-9H,1H3. The minimum absolute atomic E-state index is 0.262. The van der Waals surface area contributed by atoms with Gasteiger partial charge in [0, 0.05) is 33.5 Å². The first-order valence-corrected chi connectivity index (χ1v) is 7.78. The third-order valence-electron chi connectivity index (χ3n) is 3.94. The lowest BCUT2D eigenvalue weighted by atomic mass is 10.0. The van der Waals surface area contributed by atoms with Crippen LogP contribution in [0.4, 0.5) is 0 Å². The van der Waals surface area contributed by atoms with Crippen LogP contribution >= 0.6 is 11.6 Å². The highest BCUT2D eigenvalue weighted by Gasteiger charge is 2.14. The van der Waals surface area contributed by atoms with Gasteiger partial charge in [-0.2, -0.15) is 0 Å². The van der Waals surface area contributed by atoms with E-state index in [0.717, 1.165) is 0 Å². The monoisotopic (exact) mass is 354 g/mol. The predicted molar refractivity (Wildman–Crippen MR) is 95.5 cm³/mol. The summed E-state index contributed by atoms with van der Waals surface area (Å²) >= 11 is 6.01. The number of halogens is 1. The van der Waals surface area contributed by atoms with E-state index in [4.69, 9.17) is 25.2 Å². The molecular formula is C19H11ClO5.